The molecule has 2 heterocycles. The van der Waals surface area contributed by atoms with Crippen molar-refractivity contribution in [3.8, 4) is 0 Å². The quantitative estimate of drug-likeness (QED) is 0.652. The summed E-state index contributed by atoms with van der Waals surface area (Å²) in [7, 11) is -3.12. The minimum absolute atomic E-state index is 0.130. The molecule has 2 N–H and O–H groups in total. The topological polar surface area (TPSA) is 72.9 Å². The van der Waals surface area contributed by atoms with Gasteiger partial charge in [0.25, 0.3) is 0 Å². The molecule has 1 atom stereocenters. The Morgan fingerprint density at radius 2 is 1.94 bits per heavy atom. The van der Waals surface area contributed by atoms with Gasteiger partial charge >= 0.3 is 0 Å². The monoisotopic (exact) mass is 277 g/mol. The predicted octanol–water partition coefficient (Wildman–Crippen LogP) is -1.32. The first-order valence-corrected chi connectivity index (χ1v) is 8.27. The Kier molecular flexibility index (Phi) is 4.97. The number of nitrogens with one attached hydrogen (secondary N) is 1. The van der Waals surface area contributed by atoms with Crippen molar-refractivity contribution in [1.82, 2.24) is 14.5 Å². The van der Waals surface area contributed by atoms with E-state index in [1.54, 1.807) is 4.31 Å². The molecule has 0 spiro atoms. The zero-order chi connectivity index (χ0) is 13.0. The molecule has 18 heavy (non-hydrogen) atoms. The molecule has 0 amide bonds. The Balaban J connectivity index is 1.83. The summed E-state index contributed by atoms with van der Waals surface area (Å²) in [6.45, 7) is 4.25. The SMILES string of the molecule is O=S(=O)(CC1CCCN1)N1CCN(CCO)CC1. The lowest BCUT2D eigenvalue weighted by atomic mass is 10.3. The van der Waals surface area contributed by atoms with Gasteiger partial charge in [-0.25, -0.2) is 8.42 Å². The van der Waals surface area contributed by atoms with Gasteiger partial charge < -0.3 is 10.4 Å². The summed E-state index contributed by atoms with van der Waals surface area (Å²) in [5, 5.41) is 12.1. The molecule has 0 aromatic rings. The zero-order valence-electron chi connectivity index (χ0n) is 10.7. The summed E-state index contributed by atoms with van der Waals surface area (Å²) < 4.78 is 26.0. The van der Waals surface area contributed by atoms with Gasteiger partial charge in [-0.3, -0.25) is 4.90 Å². The van der Waals surface area contributed by atoms with Crippen LogP contribution in [-0.2, 0) is 10.0 Å². The van der Waals surface area contributed by atoms with Crippen molar-refractivity contribution in [2.75, 3.05) is 51.6 Å². The van der Waals surface area contributed by atoms with Crippen molar-refractivity contribution in [2.45, 2.75) is 18.9 Å². The highest BCUT2D eigenvalue weighted by atomic mass is 32.2. The van der Waals surface area contributed by atoms with Gasteiger partial charge in [-0.05, 0) is 19.4 Å². The Morgan fingerprint density at radius 3 is 2.50 bits per heavy atom. The minimum atomic E-state index is -3.12. The summed E-state index contributed by atoms with van der Waals surface area (Å²) in [6, 6.07) is 0.130. The lowest BCUT2D eigenvalue weighted by Crippen LogP contribution is -2.51. The number of hydrogen-bond acceptors (Lipinski definition) is 5. The summed E-state index contributed by atoms with van der Waals surface area (Å²) >= 11 is 0. The Labute approximate surface area is 109 Å². The highest BCUT2D eigenvalue weighted by molar-refractivity contribution is 7.89. The van der Waals surface area contributed by atoms with E-state index in [9.17, 15) is 8.42 Å². The second-order valence-corrected chi connectivity index (χ2v) is 7.05. The molecule has 0 aromatic heterocycles. The van der Waals surface area contributed by atoms with Gasteiger partial charge in [0.1, 0.15) is 0 Å². The van der Waals surface area contributed by atoms with Crippen LogP contribution in [0.5, 0.6) is 0 Å². The molecule has 0 bridgehead atoms. The molecule has 2 saturated heterocycles. The molecule has 106 valence electrons. The van der Waals surface area contributed by atoms with Crippen LogP contribution >= 0.6 is 0 Å². The first-order valence-electron chi connectivity index (χ1n) is 6.66. The van der Waals surface area contributed by atoms with E-state index < -0.39 is 10.0 Å². The number of aliphatic hydroxyl groups is 1. The summed E-state index contributed by atoms with van der Waals surface area (Å²) in [5.41, 5.74) is 0. The summed E-state index contributed by atoms with van der Waals surface area (Å²) in [4.78, 5) is 2.10. The number of aliphatic hydroxyl groups excluding tert-OH is 1. The Morgan fingerprint density at radius 1 is 1.22 bits per heavy atom. The second kappa shape index (κ2) is 6.29. The van der Waals surface area contributed by atoms with E-state index in [1.165, 1.54) is 0 Å². The molecule has 2 aliphatic heterocycles. The number of sulfonamides is 1. The fourth-order valence-corrected chi connectivity index (χ4v) is 4.35. The van der Waals surface area contributed by atoms with E-state index >= 15 is 0 Å². The number of rotatable bonds is 5. The number of nitrogens with zero attached hydrogens (tertiary/aromatic N) is 2. The molecule has 2 aliphatic rings. The van der Waals surface area contributed by atoms with Crippen LogP contribution in [0.25, 0.3) is 0 Å². The van der Waals surface area contributed by atoms with E-state index in [4.69, 9.17) is 5.11 Å². The van der Waals surface area contributed by atoms with Crippen LogP contribution < -0.4 is 5.32 Å². The molecule has 2 fully saturated rings. The van der Waals surface area contributed by atoms with Gasteiger partial charge in [-0.15, -0.1) is 0 Å². The Hall–Kier alpha value is -0.210. The minimum Gasteiger partial charge on any atom is -0.395 e. The van der Waals surface area contributed by atoms with Crippen molar-refractivity contribution in [1.29, 1.82) is 0 Å². The van der Waals surface area contributed by atoms with Crippen molar-refractivity contribution < 1.29 is 13.5 Å². The van der Waals surface area contributed by atoms with Crippen molar-refractivity contribution in [2.24, 2.45) is 0 Å². The first kappa shape index (κ1) is 14.2. The largest absolute Gasteiger partial charge is 0.395 e. The Bertz CT molecular complexity index is 347. The lowest BCUT2D eigenvalue weighted by molar-refractivity contribution is 0.151. The maximum atomic E-state index is 12.2. The van der Waals surface area contributed by atoms with Crippen LogP contribution in [-0.4, -0.2) is 80.4 Å². The molecule has 2 rings (SSSR count). The molecule has 7 heteroatoms. The van der Waals surface area contributed by atoms with Crippen molar-refractivity contribution >= 4 is 10.0 Å². The van der Waals surface area contributed by atoms with Gasteiger partial charge in [0.2, 0.25) is 10.0 Å². The van der Waals surface area contributed by atoms with Gasteiger partial charge in [0.05, 0.1) is 12.4 Å². The van der Waals surface area contributed by atoms with Crippen molar-refractivity contribution in [3.63, 3.8) is 0 Å². The smallest absolute Gasteiger partial charge is 0.215 e. The van der Waals surface area contributed by atoms with Crippen LogP contribution in [0.4, 0.5) is 0 Å². The van der Waals surface area contributed by atoms with Gasteiger partial charge in [-0.1, -0.05) is 0 Å². The lowest BCUT2D eigenvalue weighted by Gasteiger charge is -2.34. The highest BCUT2D eigenvalue weighted by Gasteiger charge is 2.30. The van der Waals surface area contributed by atoms with E-state index in [1.807, 2.05) is 0 Å². The third-order valence-corrected chi connectivity index (χ3v) is 5.69. The van der Waals surface area contributed by atoms with Crippen LogP contribution in [0.1, 0.15) is 12.8 Å². The van der Waals surface area contributed by atoms with Crippen LogP contribution in [0, 0.1) is 0 Å². The van der Waals surface area contributed by atoms with E-state index in [0.29, 0.717) is 19.6 Å². The van der Waals surface area contributed by atoms with Gasteiger partial charge in [0.15, 0.2) is 0 Å². The molecule has 0 aromatic carbocycles. The van der Waals surface area contributed by atoms with Crippen LogP contribution in [0.2, 0.25) is 0 Å². The summed E-state index contributed by atoms with van der Waals surface area (Å²) in [5.74, 6) is 0.229. The maximum absolute atomic E-state index is 12.2. The number of hydrogen-bond donors (Lipinski definition) is 2. The van der Waals surface area contributed by atoms with E-state index in [-0.39, 0.29) is 18.4 Å². The number of β-amino-alcohol motifs (C(OH)–C–C–N with tert-alkyl or cyclic N) is 1. The van der Waals surface area contributed by atoms with Crippen LogP contribution in [0.15, 0.2) is 0 Å². The molecule has 0 saturated carbocycles. The molecular weight excluding hydrogens is 254 g/mol. The fourth-order valence-electron chi connectivity index (χ4n) is 2.63. The third-order valence-electron chi connectivity index (χ3n) is 3.72. The first-order chi connectivity index (χ1) is 8.62. The average Bonchev–Trinajstić information content (AvgIpc) is 2.82. The highest BCUT2D eigenvalue weighted by Crippen LogP contribution is 2.13. The maximum Gasteiger partial charge on any atom is 0.215 e. The molecule has 0 aliphatic carbocycles. The summed E-state index contributed by atoms with van der Waals surface area (Å²) in [6.07, 6.45) is 2.04. The normalized spacial score (nSPS) is 27.7. The van der Waals surface area contributed by atoms with Crippen molar-refractivity contribution in [3.05, 3.63) is 0 Å². The predicted molar refractivity (Wildman–Crippen MR) is 69.9 cm³/mol. The second-order valence-electron chi connectivity index (χ2n) is 5.04. The third kappa shape index (κ3) is 3.64. The fraction of sp³-hybridized carbons (Fsp3) is 1.00. The molecular formula is C11H23N3O3S. The van der Waals surface area contributed by atoms with E-state index in [0.717, 1.165) is 32.5 Å². The van der Waals surface area contributed by atoms with Gasteiger partial charge in [-0.2, -0.15) is 4.31 Å². The standard InChI is InChI=1S/C11H23N3O3S/c15-9-8-13-4-6-14(7-5-13)18(16,17)10-11-2-1-3-12-11/h11-12,15H,1-10H2. The number of piperazine rings is 1. The van der Waals surface area contributed by atoms with E-state index in [2.05, 4.69) is 10.2 Å². The molecule has 6 nitrogen and oxygen atoms in total. The zero-order valence-corrected chi connectivity index (χ0v) is 11.5. The average molecular weight is 277 g/mol. The molecule has 0 radical (unpaired) electrons. The van der Waals surface area contributed by atoms with Gasteiger partial charge in [0, 0.05) is 38.8 Å². The van der Waals surface area contributed by atoms with Crippen LogP contribution in [0.3, 0.4) is 0 Å². The molecule has 1 unspecified atom stereocenters.